The normalized spacial score (nSPS) is 10.0. The fourth-order valence-corrected chi connectivity index (χ4v) is 2.77. The Balaban J connectivity index is 1.81. The molecule has 2 amide bonds. The van der Waals surface area contributed by atoms with Gasteiger partial charge >= 0.3 is 0 Å². The second kappa shape index (κ2) is 10.7. The van der Waals surface area contributed by atoms with E-state index in [2.05, 4.69) is 10.6 Å². The Bertz CT molecular complexity index is 851. The first-order valence-electron chi connectivity index (χ1n) is 9.21. The zero-order valence-corrected chi connectivity index (χ0v) is 16.2. The number of carbonyl (C=O) groups excluding carboxylic acids is 2. The number of hydrogen-bond acceptors (Lipinski definition) is 4. The Morgan fingerprint density at radius 3 is 2.46 bits per heavy atom. The minimum atomic E-state index is -0.340. The van der Waals surface area contributed by atoms with Crippen molar-refractivity contribution in [2.24, 2.45) is 0 Å². The highest BCUT2D eigenvalue weighted by Crippen LogP contribution is 2.22. The first kappa shape index (κ1) is 21.0. The van der Waals surface area contributed by atoms with Gasteiger partial charge < -0.3 is 15.4 Å². The molecule has 0 radical (unpaired) electrons. The molecule has 0 saturated carbocycles. The number of para-hydroxylation sites is 2. The smallest absolute Gasteiger partial charge is 0.234 e. The van der Waals surface area contributed by atoms with Gasteiger partial charge in [-0.1, -0.05) is 36.4 Å². The van der Waals surface area contributed by atoms with Gasteiger partial charge in [-0.15, -0.1) is 0 Å². The minimum Gasteiger partial charge on any atom is -0.493 e. The molecule has 146 valence electrons. The predicted molar refractivity (Wildman–Crippen MR) is 108 cm³/mol. The van der Waals surface area contributed by atoms with E-state index >= 15 is 0 Å². The Morgan fingerprint density at radius 1 is 1.04 bits per heavy atom. The molecule has 0 aliphatic heterocycles. The molecular weight excluding hydrogens is 354 g/mol. The maximum absolute atomic E-state index is 12.3. The standard InChI is InChI=1S/C22H25N3O3/c1-16-7-5-8-17(2)22(16)28-14-6-11-21(27)25-19-10-4-3-9-18(19)15-24-20(26)12-13-23/h3-5,7-10H,6,11-12,14-15H2,1-2H3,(H,24,26)(H,25,27). The zero-order valence-electron chi connectivity index (χ0n) is 16.2. The summed E-state index contributed by atoms with van der Waals surface area (Å²) in [5, 5.41) is 14.1. The zero-order chi connectivity index (χ0) is 20.4. The van der Waals surface area contributed by atoms with Crippen molar-refractivity contribution in [1.29, 1.82) is 5.26 Å². The molecule has 0 aliphatic rings. The Morgan fingerprint density at radius 2 is 1.75 bits per heavy atom. The van der Waals surface area contributed by atoms with Crippen molar-refractivity contribution < 1.29 is 14.3 Å². The summed E-state index contributed by atoms with van der Waals surface area (Å²) in [6.07, 6.45) is 0.746. The number of rotatable bonds is 9. The summed E-state index contributed by atoms with van der Waals surface area (Å²) in [5.74, 6) is 0.426. The van der Waals surface area contributed by atoms with E-state index in [9.17, 15) is 9.59 Å². The van der Waals surface area contributed by atoms with Crippen molar-refractivity contribution >= 4 is 17.5 Å². The van der Waals surface area contributed by atoms with Crippen molar-refractivity contribution in [2.75, 3.05) is 11.9 Å². The Kier molecular flexibility index (Phi) is 8.04. The van der Waals surface area contributed by atoms with E-state index < -0.39 is 0 Å². The van der Waals surface area contributed by atoms with Crippen LogP contribution in [0.3, 0.4) is 0 Å². The van der Waals surface area contributed by atoms with Crippen molar-refractivity contribution in [3.8, 4) is 11.8 Å². The van der Waals surface area contributed by atoms with E-state index in [4.69, 9.17) is 10.00 Å². The van der Waals surface area contributed by atoms with Crippen LogP contribution in [-0.4, -0.2) is 18.4 Å². The lowest BCUT2D eigenvalue weighted by Crippen LogP contribution is -2.23. The maximum atomic E-state index is 12.3. The molecule has 0 fully saturated rings. The average molecular weight is 379 g/mol. The Labute approximate surface area is 165 Å². The van der Waals surface area contributed by atoms with Crippen molar-refractivity contribution in [3.05, 3.63) is 59.2 Å². The highest BCUT2D eigenvalue weighted by molar-refractivity contribution is 5.91. The summed E-state index contributed by atoms with van der Waals surface area (Å²) in [4.78, 5) is 23.7. The lowest BCUT2D eigenvalue weighted by molar-refractivity contribution is -0.120. The summed E-state index contributed by atoms with van der Waals surface area (Å²) < 4.78 is 5.83. The second-order valence-electron chi connectivity index (χ2n) is 6.49. The molecule has 28 heavy (non-hydrogen) atoms. The van der Waals surface area contributed by atoms with E-state index in [1.54, 1.807) is 12.1 Å². The lowest BCUT2D eigenvalue weighted by atomic mass is 10.1. The van der Waals surface area contributed by atoms with Gasteiger partial charge in [-0.2, -0.15) is 5.26 Å². The van der Waals surface area contributed by atoms with Crippen LogP contribution in [0.2, 0.25) is 0 Å². The number of nitrogens with one attached hydrogen (secondary N) is 2. The Hall–Kier alpha value is -3.33. The van der Waals surface area contributed by atoms with Crippen molar-refractivity contribution in [1.82, 2.24) is 5.32 Å². The van der Waals surface area contributed by atoms with E-state index in [0.29, 0.717) is 25.1 Å². The molecule has 2 N–H and O–H groups in total. The number of amides is 2. The fraction of sp³-hybridized carbons (Fsp3) is 0.318. The lowest BCUT2D eigenvalue weighted by Gasteiger charge is -2.13. The third-order valence-electron chi connectivity index (χ3n) is 4.21. The van der Waals surface area contributed by atoms with Gasteiger partial charge in [0.25, 0.3) is 0 Å². The second-order valence-corrected chi connectivity index (χ2v) is 6.49. The van der Waals surface area contributed by atoms with Crippen LogP contribution in [0.25, 0.3) is 0 Å². The maximum Gasteiger partial charge on any atom is 0.234 e. The average Bonchev–Trinajstić information content (AvgIpc) is 2.66. The van der Waals surface area contributed by atoms with Crippen LogP contribution in [-0.2, 0) is 16.1 Å². The molecule has 0 heterocycles. The van der Waals surface area contributed by atoms with Gasteiger partial charge in [0.15, 0.2) is 0 Å². The summed E-state index contributed by atoms with van der Waals surface area (Å²) in [6.45, 7) is 4.72. The molecule has 0 spiro atoms. The number of nitriles is 1. The molecule has 0 saturated heterocycles. The number of carbonyl (C=O) groups is 2. The predicted octanol–water partition coefficient (Wildman–Crippen LogP) is 3.63. The molecule has 6 nitrogen and oxygen atoms in total. The number of nitrogens with zero attached hydrogens (tertiary/aromatic N) is 1. The third-order valence-corrected chi connectivity index (χ3v) is 4.21. The highest BCUT2D eigenvalue weighted by atomic mass is 16.5. The van der Waals surface area contributed by atoms with Crippen LogP contribution in [0.1, 0.15) is 36.0 Å². The summed E-state index contributed by atoms with van der Waals surface area (Å²) in [6, 6.07) is 15.1. The summed E-state index contributed by atoms with van der Waals surface area (Å²) in [7, 11) is 0. The van der Waals surface area contributed by atoms with Gasteiger partial charge in [-0.25, -0.2) is 0 Å². The molecular formula is C22H25N3O3. The molecule has 6 heteroatoms. The number of hydrogen-bond donors (Lipinski definition) is 2. The van der Waals surface area contributed by atoms with Gasteiger partial charge in [0.1, 0.15) is 12.2 Å². The van der Waals surface area contributed by atoms with Crippen LogP contribution in [0.5, 0.6) is 5.75 Å². The van der Waals surface area contributed by atoms with Gasteiger partial charge in [0, 0.05) is 18.7 Å². The molecule has 2 aromatic carbocycles. The number of aryl methyl sites for hydroxylation is 2. The molecule has 0 aromatic heterocycles. The largest absolute Gasteiger partial charge is 0.493 e. The number of ether oxygens (including phenoxy) is 1. The molecule has 0 aliphatic carbocycles. The molecule has 0 unspecified atom stereocenters. The van der Waals surface area contributed by atoms with Crippen LogP contribution in [0.15, 0.2) is 42.5 Å². The van der Waals surface area contributed by atoms with E-state index in [0.717, 1.165) is 22.4 Å². The molecule has 2 aromatic rings. The van der Waals surface area contributed by atoms with Gasteiger partial charge in [0.2, 0.25) is 11.8 Å². The quantitative estimate of drug-likeness (QED) is 0.651. The van der Waals surface area contributed by atoms with Crippen LogP contribution in [0.4, 0.5) is 5.69 Å². The monoisotopic (exact) mass is 379 g/mol. The van der Waals surface area contributed by atoms with Gasteiger partial charge in [-0.3, -0.25) is 9.59 Å². The van der Waals surface area contributed by atoms with Crippen molar-refractivity contribution in [3.63, 3.8) is 0 Å². The minimum absolute atomic E-state index is 0.110. The molecule has 0 bridgehead atoms. The SMILES string of the molecule is Cc1cccc(C)c1OCCCC(=O)Nc1ccccc1CNC(=O)CC#N. The van der Waals surface area contributed by atoms with E-state index in [-0.39, 0.29) is 24.8 Å². The summed E-state index contributed by atoms with van der Waals surface area (Å²) >= 11 is 0. The number of anilines is 1. The van der Waals surface area contributed by atoms with Crippen LogP contribution in [0, 0.1) is 25.2 Å². The third kappa shape index (κ3) is 6.44. The van der Waals surface area contributed by atoms with Gasteiger partial charge in [0.05, 0.1) is 12.7 Å². The first-order chi connectivity index (χ1) is 13.5. The topological polar surface area (TPSA) is 91.2 Å². The molecule has 0 atom stereocenters. The molecule has 2 rings (SSSR count). The highest BCUT2D eigenvalue weighted by Gasteiger charge is 2.09. The summed E-state index contributed by atoms with van der Waals surface area (Å²) in [5.41, 5.74) is 3.60. The van der Waals surface area contributed by atoms with Crippen molar-refractivity contribution in [2.45, 2.75) is 39.7 Å². The van der Waals surface area contributed by atoms with E-state index in [1.807, 2.05) is 50.2 Å². The first-order valence-corrected chi connectivity index (χ1v) is 9.21. The van der Waals surface area contributed by atoms with E-state index in [1.165, 1.54) is 0 Å². The fourth-order valence-electron chi connectivity index (χ4n) is 2.77. The van der Waals surface area contributed by atoms with Crippen LogP contribution >= 0.6 is 0 Å². The number of benzene rings is 2. The van der Waals surface area contributed by atoms with Crippen LogP contribution < -0.4 is 15.4 Å². The van der Waals surface area contributed by atoms with Gasteiger partial charge in [-0.05, 0) is 43.0 Å².